The van der Waals surface area contributed by atoms with Crippen LogP contribution in [-0.2, 0) is 4.79 Å². The number of ether oxygens (including phenoxy) is 1. The lowest BCUT2D eigenvalue weighted by atomic mass is 10.0. The molecule has 0 fully saturated rings. The number of nitrogens with one attached hydrogen (secondary N) is 1. The van der Waals surface area contributed by atoms with Crippen molar-refractivity contribution in [3.63, 3.8) is 0 Å². The van der Waals surface area contributed by atoms with Crippen molar-refractivity contribution >= 4 is 23.2 Å². The average molecular weight is 368 g/mol. The van der Waals surface area contributed by atoms with E-state index >= 15 is 0 Å². The molecule has 0 aliphatic carbocycles. The SMILES string of the molecule is CCOc1ccc2c(c1)c(C(C)CNC=O)cn2C(=O)c1ccc(F)cc1. The summed E-state index contributed by atoms with van der Waals surface area (Å²) in [7, 11) is 0. The quantitative estimate of drug-likeness (QED) is 0.647. The zero-order valence-corrected chi connectivity index (χ0v) is 15.2. The molecule has 0 spiro atoms. The second kappa shape index (κ2) is 8.03. The lowest BCUT2D eigenvalue weighted by Gasteiger charge is -2.10. The Morgan fingerprint density at radius 2 is 2.00 bits per heavy atom. The van der Waals surface area contributed by atoms with Gasteiger partial charge in [-0.25, -0.2) is 4.39 Å². The fourth-order valence-electron chi connectivity index (χ4n) is 3.12. The van der Waals surface area contributed by atoms with Gasteiger partial charge in [0.1, 0.15) is 11.6 Å². The number of rotatable bonds is 7. The Morgan fingerprint density at radius 3 is 2.67 bits per heavy atom. The van der Waals surface area contributed by atoms with E-state index in [1.54, 1.807) is 10.8 Å². The Balaban J connectivity index is 2.10. The molecule has 0 radical (unpaired) electrons. The molecular formula is C21H21FN2O3. The van der Waals surface area contributed by atoms with Gasteiger partial charge in [0, 0.05) is 29.6 Å². The Bertz CT molecular complexity index is 963. The zero-order valence-electron chi connectivity index (χ0n) is 15.2. The zero-order chi connectivity index (χ0) is 19.4. The van der Waals surface area contributed by atoms with Crippen LogP contribution in [0.15, 0.2) is 48.7 Å². The molecule has 0 aliphatic rings. The maximum atomic E-state index is 13.2. The first-order chi connectivity index (χ1) is 13.0. The summed E-state index contributed by atoms with van der Waals surface area (Å²) in [6.07, 6.45) is 2.44. The van der Waals surface area contributed by atoms with Crippen LogP contribution in [0.2, 0.25) is 0 Å². The molecule has 1 aromatic heterocycles. The summed E-state index contributed by atoms with van der Waals surface area (Å²) >= 11 is 0. The molecule has 1 unspecified atom stereocenters. The number of amides is 1. The van der Waals surface area contributed by atoms with Gasteiger partial charge < -0.3 is 10.1 Å². The number of hydrogen-bond acceptors (Lipinski definition) is 3. The van der Waals surface area contributed by atoms with E-state index in [0.29, 0.717) is 30.9 Å². The van der Waals surface area contributed by atoms with Crippen LogP contribution in [0.25, 0.3) is 10.9 Å². The van der Waals surface area contributed by atoms with Crippen molar-refractivity contribution < 1.29 is 18.7 Å². The van der Waals surface area contributed by atoms with Crippen molar-refractivity contribution in [1.29, 1.82) is 0 Å². The van der Waals surface area contributed by atoms with Crippen LogP contribution in [0.5, 0.6) is 5.75 Å². The molecule has 140 valence electrons. The van der Waals surface area contributed by atoms with Gasteiger partial charge in [-0.15, -0.1) is 0 Å². The Hall–Kier alpha value is -3.15. The fraction of sp³-hybridized carbons (Fsp3) is 0.238. The Labute approximate surface area is 156 Å². The first kappa shape index (κ1) is 18.6. The number of hydrogen-bond donors (Lipinski definition) is 1. The second-order valence-corrected chi connectivity index (χ2v) is 6.31. The van der Waals surface area contributed by atoms with Crippen molar-refractivity contribution in [3.05, 3.63) is 65.6 Å². The van der Waals surface area contributed by atoms with Gasteiger partial charge in [0.05, 0.1) is 12.1 Å². The third kappa shape index (κ3) is 3.84. The standard InChI is InChI=1S/C21H21FN2O3/c1-3-27-17-8-9-20-18(10-17)19(14(2)11-23-13-25)12-24(20)21(26)15-4-6-16(22)7-5-15/h4-10,12-14H,3,11H2,1-2H3,(H,23,25). The predicted molar refractivity (Wildman–Crippen MR) is 102 cm³/mol. The first-order valence-corrected chi connectivity index (χ1v) is 8.80. The molecule has 1 heterocycles. The molecule has 27 heavy (non-hydrogen) atoms. The van der Waals surface area contributed by atoms with Crippen molar-refractivity contribution in [2.24, 2.45) is 0 Å². The third-order valence-electron chi connectivity index (χ3n) is 4.47. The summed E-state index contributed by atoms with van der Waals surface area (Å²) in [4.78, 5) is 23.6. The fourth-order valence-corrected chi connectivity index (χ4v) is 3.12. The molecule has 1 atom stereocenters. The van der Waals surface area contributed by atoms with E-state index in [-0.39, 0.29) is 17.6 Å². The van der Waals surface area contributed by atoms with Gasteiger partial charge in [-0.3, -0.25) is 14.2 Å². The minimum atomic E-state index is -0.389. The van der Waals surface area contributed by atoms with Crippen LogP contribution in [0.1, 0.15) is 35.7 Å². The number of aromatic nitrogens is 1. The van der Waals surface area contributed by atoms with Crippen molar-refractivity contribution in [2.45, 2.75) is 19.8 Å². The summed E-state index contributed by atoms with van der Waals surface area (Å²) < 4.78 is 20.3. The van der Waals surface area contributed by atoms with E-state index in [0.717, 1.165) is 16.5 Å². The Kier molecular flexibility index (Phi) is 5.54. The van der Waals surface area contributed by atoms with Crippen molar-refractivity contribution in [2.75, 3.05) is 13.2 Å². The molecular weight excluding hydrogens is 347 g/mol. The van der Waals surface area contributed by atoms with Gasteiger partial charge in [-0.05, 0) is 55.0 Å². The summed E-state index contributed by atoms with van der Waals surface area (Å²) in [5.41, 5.74) is 2.06. The summed E-state index contributed by atoms with van der Waals surface area (Å²) in [5.74, 6) is 0.0797. The van der Waals surface area contributed by atoms with Crippen LogP contribution in [-0.4, -0.2) is 30.0 Å². The number of carbonyl (C=O) groups excluding carboxylic acids is 2. The molecule has 1 N–H and O–H groups in total. The highest BCUT2D eigenvalue weighted by Gasteiger charge is 2.19. The van der Waals surface area contributed by atoms with Gasteiger partial charge in [-0.1, -0.05) is 6.92 Å². The molecule has 0 saturated carbocycles. The average Bonchev–Trinajstić information content (AvgIpc) is 3.05. The lowest BCUT2D eigenvalue weighted by Crippen LogP contribution is -2.18. The molecule has 3 aromatic rings. The molecule has 5 nitrogen and oxygen atoms in total. The molecule has 6 heteroatoms. The maximum Gasteiger partial charge on any atom is 0.262 e. The van der Waals surface area contributed by atoms with E-state index in [1.807, 2.05) is 32.0 Å². The van der Waals surface area contributed by atoms with Gasteiger partial charge >= 0.3 is 0 Å². The first-order valence-electron chi connectivity index (χ1n) is 8.80. The predicted octanol–water partition coefficient (Wildman–Crippen LogP) is 3.72. The monoisotopic (exact) mass is 368 g/mol. The summed E-state index contributed by atoms with van der Waals surface area (Å²) in [6.45, 7) is 4.88. The number of carbonyl (C=O) groups is 2. The smallest absolute Gasteiger partial charge is 0.262 e. The summed E-state index contributed by atoms with van der Waals surface area (Å²) in [5, 5.41) is 3.57. The van der Waals surface area contributed by atoms with Crippen LogP contribution in [0.4, 0.5) is 4.39 Å². The normalized spacial score (nSPS) is 12.0. The number of benzene rings is 2. The molecule has 3 rings (SSSR count). The third-order valence-corrected chi connectivity index (χ3v) is 4.47. The van der Waals surface area contributed by atoms with Gasteiger partial charge in [-0.2, -0.15) is 0 Å². The van der Waals surface area contributed by atoms with E-state index < -0.39 is 0 Å². The summed E-state index contributed by atoms with van der Waals surface area (Å²) in [6, 6.07) is 11.0. The van der Waals surface area contributed by atoms with Gasteiger partial charge in [0.15, 0.2) is 0 Å². The van der Waals surface area contributed by atoms with Crippen molar-refractivity contribution in [1.82, 2.24) is 9.88 Å². The largest absolute Gasteiger partial charge is 0.494 e. The number of nitrogens with zero attached hydrogens (tertiary/aromatic N) is 1. The lowest BCUT2D eigenvalue weighted by molar-refractivity contribution is -0.109. The topological polar surface area (TPSA) is 60.3 Å². The molecule has 0 aliphatic heterocycles. The highest BCUT2D eigenvalue weighted by atomic mass is 19.1. The number of fused-ring (bicyclic) bond motifs is 1. The highest BCUT2D eigenvalue weighted by molar-refractivity contribution is 6.03. The van der Waals surface area contributed by atoms with E-state index in [1.165, 1.54) is 24.3 Å². The van der Waals surface area contributed by atoms with E-state index in [2.05, 4.69) is 5.32 Å². The van der Waals surface area contributed by atoms with Crippen LogP contribution >= 0.6 is 0 Å². The van der Waals surface area contributed by atoms with E-state index in [9.17, 15) is 14.0 Å². The van der Waals surface area contributed by atoms with Crippen LogP contribution in [0.3, 0.4) is 0 Å². The van der Waals surface area contributed by atoms with Crippen LogP contribution < -0.4 is 10.1 Å². The molecule has 2 aromatic carbocycles. The Morgan fingerprint density at radius 1 is 1.26 bits per heavy atom. The molecule has 0 saturated heterocycles. The minimum Gasteiger partial charge on any atom is -0.494 e. The minimum absolute atomic E-state index is 0.00292. The van der Waals surface area contributed by atoms with Gasteiger partial charge in [0.25, 0.3) is 5.91 Å². The number of halogens is 1. The van der Waals surface area contributed by atoms with Crippen molar-refractivity contribution in [3.8, 4) is 5.75 Å². The van der Waals surface area contributed by atoms with E-state index in [4.69, 9.17) is 4.74 Å². The molecule has 1 amide bonds. The highest BCUT2D eigenvalue weighted by Crippen LogP contribution is 2.31. The molecule has 0 bridgehead atoms. The van der Waals surface area contributed by atoms with Crippen LogP contribution in [0, 0.1) is 5.82 Å². The maximum absolute atomic E-state index is 13.2. The second-order valence-electron chi connectivity index (χ2n) is 6.31. The van der Waals surface area contributed by atoms with Gasteiger partial charge in [0.2, 0.25) is 6.41 Å².